The van der Waals surface area contributed by atoms with Crippen molar-refractivity contribution in [2.45, 2.75) is 6.04 Å². The van der Waals surface area contributed by atoms with Gasteiger partial charge in [-0.1, -0.05) is 11.6 Å². The highest BCUT2D eigenvalue weighted by molar-refractivity contribution is 6.29. The van der Waals surface area contributed by atoms with Gasteiger partial charge < -0.3 is 15.9 Å². The molecule has 0 aliphatic rings. The van der Waals surface area contributed by atoms with Gasteiger partial charge in [-0.15, -0.1) is 10.2 Å². The second-order valence-electron chi connectivity index (χ2n) is 2.07. The number of hydrogen-bond donors (Lipinski definition) is 3. The molecule has 0 radical (unpaired) electrons. The molecule has 7 nitrogen and oxygen atoms in total. The lowest BCUT2D eigenvalue weighted by molar-refractivity contribution is -0.139. The molecule has 1 rings (SSSR count). The molecule has 0 fully saturated rings. The first-order chi connectivity index (χ1) is 6.57. The summed E-state index contributed by atoms with van der Waals surface area (Å²) >= 11 is 5.33. The lowest BCUT2D eigenvalue weighted by Gasteiger charge is -1.96. The first-order valence-electron chi connectivity index (χ1n) is 3.47. The molecule has 0 aromatic carbocycles. The van der Waals surface area contributed by atoms with Gasteiger partial charge in [0.05, 0.1) is 12.8 Å². The van der Waals surface area contributed by atoms with Crippen molar-refractivity contribution in [1.29, 1.82) is 0 Å². The Morgan fingerprint density at radius 3 is 2.50 bits per heavy atom. The third-order valence-corrected chi connectivity index (χ3v) is 1.19. The lowest BCUT2D eigenvalue weighted by Crippen LogP contribution is -2.33. The van der Waals surface area contributed by atoms with Crippen molar-refractivity contribution in [2.24, 2.45) is 5.73 Å². The van der Waals surface area contributed by atoms with Crippen LogP contribution < -0.4 is 5.73 Å². The fourth-order valence-corrected chi connectivity index (χ4v) is 0.395. The molecule has 1 heterocycles. The van der Waals surface area contributed by atoms with E-state index in [0.717, 1.165) is 0 Å². The molecule has 0 saturated heterocycles. The molecule has 0 aliphatic heterocycles. The molecule has 0 bridgehead atoms. The van der Waals surface area contributed by atoms with Gasteiger partial charge in [-0.05, 0) is 11.3 Å². The maximum atomic E-state index is 9.65. The van der Waals surface area contributed by atoms with E-state index in [2.05, 4.69) is 15.4 Å². The first kappa shape index (κ1) is 12.7. The molecular weight excluding hydrogens is 212 g/mol. The third-order valence-electron chi connectivity index (χ3n) is 0.985. The van der Waals surface area contributed by atoms with Crippen LogP contribution >= 0.6 is 11.6 Å². The van der Waals surface area contributed by atoms with E-state index in [-0.39, 0.29) is 0 Å². The standard InChI is InChI=1S/C3H2ClN3.C3H7NO3/c4-3-1-2-5-7-6-3;4-2(1-5)3(6)7/h1-2H;2,5H,1,4H2,(H,6,7)/t;2-/m.0/s1. The largest absolute Gasteiger partial charge is 0.480 e. The van der Waals surface area contributed by atoms with E-state index in [0.29, 0.717) is 5.15 Å². The summed E-state index contributed by atoms with van der Waals surface area (Å²) in [6, 6.07) is 0.439. The number of nitrogens with two attached hydrogens (primary N) is 1. The molecule has 0 aliphatic carbocycles. The van der Waals surface area contributed by atoms with Gasteiger partial charge in [0, 0.05) is 0 Å². The van der Waals surface area contributed by atoms with Gasteiger partial charge in [-0.3, -0.25) is 4.79 Å². The predicted molar refractivity (Wildman–Crippen MR) is 47.5 cm³/mol. The summed E-state index contributed by atoms with van der Waals surface area (Å²) in [6.07, 6.45) is 1.48. The SMILES string of the molecule is Clc1ccnnn1.N[C@@H](CO)C(=O)O. The summed E-state index contributed by atoms with van der Waals surface area (Å²) in [4.78, 5) is 9.65. The monoisotopic (exact) mass is 220 g/mol. The summed E-state index contributed by atoms with van der Waals surface area (Å²) in [5.41, 5.74) is 4.77. The molecule has 14 heavy (non-hydrogen) atoms. The van der Waals surface area contributed by atoms with Gasteiger partial charge in [0.25, 0.3) is 0 Å². The Morgan fingerprint density at radius 2 is 2.36 bits per heavy atom. The summed E-state index contributed by atoms with van der Waals surface area (Å²) in [5, 5.41) is 26.3. The van der Waals surface area contributed by atoms with Crippen LogP contribution in [0, 0.1) is 0 Å². The van der Waals surface area contributed by atoms with Crippen molar-refractivity contribution in [3.63, 3.8) is 0 Å². The number of aliphatic hydroxyl groups is 1. The molecule has 78 valence electrons. The fraction of sp³-hybridized carbons (Fsp3) is 0.333. The second kappa shape index (κ2) is 7.13. The normalized spacial score (nSPS) is 11.1. The van der Waals surface area contributed by atoms with Crippen LogP contribution in [-0.4, -0.2) is 44.2 Å². The lowest BCUT2D eigenvalue weighted by atomic mass is 10.3. The average Bonchev–Trinajstić information content (AvgIpc) is 2.18. The Kier molecular flexibility index (Phi) is 6.46. The van der Waals surface area contributed by atoms with Crippen molar-refractivity contribution in [3.05, 3.63) is 17.4 Å². The minimum Gasteiger partial charge on any atom is -0.480 e. The predicted octanol–water partition coefficient (Wildman–Crippen LogP) is -1.08. The van der Waals surface area contributed by atoms with Crippen LogP contribution in [0.1, 0.15) is 0 Å². The highest BCUT2D eigenvalue weighted by Gasteiger charge is 2.06. The number of rotatable bonds is 2. The molecule has 0 amide bonds. The maximum Gasteiger partial charge on any atom is 0.322 e. The number of carboxylic acid groups (broad SMARTS) is 1. The summed E-state index contributed by atoms with van der Waals surface area (Å²) < 4.78 is 0. The van der Waals surface area contributed by atoms with Gasteiger partial charge in [-0.25, -0.2) is 0 Å². The fourth-order valence-electron chi connectivity index (χ4n) is 0.305. The topological polar surface area (TPSA) is 122 Å². The summed E-state index contributed by atoms with van der Waals surface area (Å²) in [6.45, 7) is -0.505. The first-order valence-corrected chi connectivity index (χ1v) is 3.84. The number of hydrogen-bond acceptors (Lipinski definition) is 6. The number of carbonyl (C=O) groups is 1. The molecule has 1 aromatic heterocycles. The number of carboxylic acids is 1. The molecular formula is C6H9ClN4O3. The van der Waals surface area contributed by atoms with Gasteiger partial charge in [0.2, 0.25) is 0 Å². The van der Waals surface area contributed by atoms with Crippen molar-refractivity contribution >= 4 is 17.6 Å². The van der Waals surface area contributed by atoms with Crippen LogP contribution in [0.3, 0.4) is 0 Å². The number of halogens is 1. The van der Waals surface area contributed by atoms with Gasteiger partial charge in [-0.2, -0.15) is 0 Å². The van der Waals surface area contributed by atoms with E-state index in [1.54, 1.807) is 6.07 Å². The van der Waals surface area contributed by atoms with Crippen LogP contribution in [0.4, 0.5) is 0 Å². The van der Waals surface area contributed by atoms with Crippen LogP contribution in [0.5, 0.6) is 0 Å². The van der Waals surface area contributed by atoms with Crippen LogP contribution in [0.2, 0.25) is 5.15 Å². The van der Waals surface area contributed by atoms with Crippen LogP contribution in [0.15, 0.2) is 12.3 Å². The van der Waals surface area contributed by atoms with Gasteiger partial charge in [0.15, 0.2) is 5.15 Å². The van der Waals surface area contributed by atoms with Crippen LogP contribution in [-0.2, 0) is 4.79 Å². The molecule has 1 aromatic rings. The summed E-state index contributed by atoms with van der Waals surface area (Å²) in [7, 11) is 0. The Hall–Kier alpha value is -1.31. The Bertz CT molecular complexity index is 271. The minimum absolute atomic E-state index is 0.370. The van der Waals surface area contributed by atoms with E-state index >= 15 is 0 Å². The van der Waals surface area contributed by atoms with Gasteiger partial charge >= 0.3 is 5.97 Å². The van der Waals surface area contributed by atoms with Crippen molar-refractivity contribution in [1.82, 2.24) is 15.4 Å². The van der Waals surface area contributed by atoms with Gasteiger partial charge in [0.1, 0.15) is 6.04 Å². The summed E-state index contributed by atoms with van der Waals surface area (Å²) in [5.74, 6) is -1.18. The number of aliphatic hydroxyl groups excluding tert-OH is 1. The Labute approximate surface area is 84.5 Å². The minimum atomic E-state index is -1.18. The number of nitrogens with zero attached hydrogens (tertiary/aromatic N) is 3. The van der Waals surface area contributed by atoms with Crippen LogP contribution in [0.25, 0.3) is 0 Å². The highest BCUT2D eigenvalue weighted by atomic mass is 35.5. The average molecular weight is 221 g/mol. The zero-order valence-corrected chi connectivity index (χ0v) is 7.79. The molecule has 4 N–H and O–H groups in total. The van der Waals surface area contributed by atoms with E-state index in [9.17, 15) is 4.79 Å². The maximum absolute atomic E-state index is 9.65. The third kappa shape index (κ3) is 6.23. The Morgan fingerprint density at radius 1 is 1.71 bits per heavy atom. The van der Waals surface area contributed by atoms with E-state index < -0.39 is 18.6 Å². The quantitative estimate of drug-likeness (QED) is 0.579. The van der Waals surface area contributed by atoms with Crippen molar-refractivity contribution in [3.8, 4) is 0 Å². The molecule has 8 heteroatoms. The number of aromatic nitrogens is 3. The van der Waals surface area contributed by atoms with Crippen molar-refractivity contribution < 1.29 is 15.0 Å². The van der Waals surface area contributed by atoms with Crippen molar-refractivity contribution in [2.75, 3.05) is 6.61 Å². The highest BCUT2D eigenvalue weighted by Crippen LogP contribution is 1.94. The van der Waals surface area contributed by atoms with E-state index in [1.807, 2.05) is 0 Å². The number of aliphatic carboxylic acids is 1. The second-order valence-corrected chi connectivity index (χ2v) is 2.46. The smallest absolute Gasteiger partial charge is 0.322 e. The molecule has 0 spiro atoms. The zero-order valence-electron chi connectivity index (χ0n) is 7.04. The molecule has 0 unspecified atom stereocenters. The molecule has 0 saturated carbocycles. The van der Waals surface area contributed by atoms with E-state index in [4.69, 9.17) is 27.5 Å². The Balaban J connectivity index is 0.000000241. The molecule has 1 atom stereocenters. The zero-order chi connectivity index (χ0) is 11.0. The van der Waals surface area contributed by atoms with E-state index in [1.165, 1.54) is 6.20 Å².